The third-order valence-electron chi connectivity index (χ3n) is 3.41. The lowest BCUT2D eigenvalue weighted by Gasteiger charge is -2.23. The number of nitrogens with zero attached hydrogens (tertiary/aromatic N) is 1. The van der Waals surface area contributed by atoms with Crippen LogP contribution in [0.3, 0.4) is 0 Å². The van der Waals surface area contributed by atoms with Gasteiger partial charge in [0.15, 0.2) is 0 Å². The molecule has 1 heterocycles. The minimum Gasteiger partial charge on any atom is -0.459 e. The molecule has 0 aliphatic rings. The van der Waals surface area contributed by atoms with Gasteiger partial charge < -0.3 is 9.15 Å². The van der Waals surface area contributed by atoms with Gasteiger partial charge >= 0.3 is 0 Å². The minimum atomic E-state index is 0.253. The Morgan fingerprint density at radius 1 is 1.21 bits per heavy atom. The molecule has 0 saturated carbocycles. The van der Waals surface area contributed by atoms with E-state index in [0.717, 1.165) is 29.9 Å². The van der Waals surface area contributed by atoms with Crippen molar-refractivity contribution in [3.63, 3.8) is 0 Å². The van der Waals surface area contributed by atoms with Crippen LogP contribution in [0.2, 0.25) is 0 Å². The van der Waals surface area contributed by atoms with Crippen molar-refractivity contribution in [2.45, 2.75) is 32.9 Å². The maximum atomic E-state index is 5.90. The van der Waals surface area contributed by atoms with Crippen molar-refractivity contribution in [2.24, 2.45) is 0 Å². The lowest BCUT2D eigenvalue weighted by molar-refractivity contribution is 0.0555. The first-order chi connectivity index (χ1) is 9.08. The lowest BCUT2D eigenvalue weighted by atomic mass is 10.2. The molecule has 0 N–H and O–H groups in total. The number of para-hydroxylation sites is 1. The van der Waals surface area contributed by atoms with Gasteiger partial charge in [0.25, 0.3) is 0 Å². The van der Waals surface area contributed by atoms with E-state index >= 15 is 0 Å². The molecule has 19 heavy (non-hydrogen) atoms. The highest BCUT2D eigenvalue weighted by Crippen LogP contribution is 2.26. The SMILES string of the molecule is CC(C)OCCN(C)C(C)c1cc2ccccc2o1. The summed E-state index contributed by atoms with van der Waals surface area (Å²) in [5.41, 5.74) is 0.955. The average Bonchev–Trinajstić information content (AvgIpc) is 2.80. The fraction of sp³-hybridized carbons (Fsp3) is 0.500. The molecule has 0 aliphatic heterocycles. The molecule has 1 atom stereocenters. The van der Waals surface area contributed by atoms with Gasteiger partial charge in [-0.2, -0.15) is 0 Å². The van der Waals surface area contributed by atoms with Gasteiger partial charge in [0.05, 0.1) is 18.8 Å². The van der Waals surface area contributed by atoms with Crippen molar-refractivity contribution in [2.75, 3.05) is 20.2 Å². The first kappa shape index (κ1) is 14.1. The molecule has 0 fully saturated rings. The molecule has 0 spiro atoms. The number of hydrogen-bond donors (Lipinski definition) is 0. The van der Waals surface area contributed by atoms with Gasteiger partial charge in [0, 0.05) is 11.9 Å². The van der Waals surface area contributed by atoms with Crippen LogP contribution in [0.25, 0.3) is 11.0 Å². The number of furan rings is 1. The molecule has 2 rings (SSSR count). The fourth-order valence-electron chi connectivity index (χ4n) is 2.05. The molecule has 0 amide bonds. The number of hydrogen-bond acceptors (Lipinski definition) is 3. The third kappa shape index (κ3) is 3.58. The van der Waals surface area contributed by atoms with Crippen LogP contribution in [-0.4, -0.2) is 31.2 Å². The van der Waals surface area contributed by atoms with E-state index in [0.29, 0.717) is 0 Å². The van der Waals surface area contributed by atoms with E-state index in [4.69, 9.17) is 9.15 Å². The first-order valence-electron chi connectivity index (χ1n) is 6.88. The summed E-state index contributed by atoms with van der Waals surface area (Å²) in [5, 5.41) is 1.16. The number of ether oxygens (including phenoxy) is 1. The molecule has 0 saturated heterocycles. The molecule has 0 aliphatic carbocycles. The van der Waals surface area contributed by atoms with E-state index in [1.54, 1.807) is 0 Å². The largest absolute Gasteiger partial charge is 0.459 e. The Bertz CT molecular complexity index is 485. The zero-order chi connectivity index (χ0) is 13.8. The van der Waals surface area contributed by atoms with Crippen LogP contribution in [0.4, 0.5) is 0 Å². The molecular weight excluding hydrogens is 238 g/mol. The van der Waals surface area contributed by atoms with Crippen molar-refractivity contribution in [3.8, 4) is 0 Å². The van der Waals surface area contributed by atoms with E-state index in [-0.39, 0.29) is 12.1 Å². The van der Waals surface area contributed by atoms with E-state index < -0.39 is 0 Å². The van der Waals surface area contributed by atoms with Gasteiger partial charge in [0.1, 0.15) is 11.3 Å². The van der Waals surface area contributed by atoms with E-state index in [9.17, 15) is 0 Å². The summed E-state index contributed by atoms with van der Waals surface area (Å²) >= 11 is 0. The van der Waals surface area contributed by atoms with E-state index in [1.807, 2.05) is 18.2 Å². The second kappa shape index (κ2) is 6.22. The minimum absolute atomic E-state index is 0.253. The Balaban J connectivity index is 1.99. The number of rotatable bonds is 6. The topological polar surface area (TPSA) is 25.6 Å². The summed E-state index contributed by atoms with van der Waals surface area (Å²) in [6.45, 7) is 7.92. The Morgan fingerprint density at radius 3 is 2.63 bits per heavy atom. The standard InChI is InChI=1S/C16H23NO2/c1-12(2)18-10-9-17(4)13(3)16-11-14-7-5-6-8-15(14)19-16/h5-8,11-13H,9-10H2,1-4H3. The lowest BCUT2D eigenvalue weighted by Crippen LogP contribution is -2.27. The van der Waals surface area contributed by atoms with Crippen LogP contribution < -0.4 is 0 Å². The fourth-order valence-corrected chi connectivity index (χ4v) is 2.05. The number of benzene rings is 1. The molecule has 3 nitrogen and oxygen atoms in total. The Labute approximate surface area is 115 Å². The Hall–Kier alpha value is -1.32. The maximum absolute atomic E-state index is 5.90. The average molecular weight is 261 g/mol. The van der Waals surface area contributed by atoms with Crippen LogP contribution in [0.15, 0.2) is 34.7 Å². The highest BCUT2D eigenvalue weighted by Gasteiger charge is 2.16. The smallest absolute Gasteiger partial charge is 0.134 e. The Morgan fingerprint density at radius 2 is 1.95 bits per heavy atom. The molecule has 1 aromatic heterocycles. The van der Waals surface area contributed by atoms with Gasteiger partial charge in [-0.25, -0.2) is 0 Å². The monoisotopic (exact) mass is 261 g/mol. The maximum Gasteiger partial charge on any atom is 0.134 e. The molecule has 3 heteroatoms. The number of likely N-dealkylation sites (N-methyl/N-ethyl adjacent to an activating group) is 1. The van der Waals surface area contributed by atoms with Gasteiger partial charge in [-0.3, -0.25) is 4.90 Å². The van der Waals surface area contributed by atoms with Crippen LogP contribution >= 0.6 is 0 Å². The van der Waals surface area contributed by atoms with E-state index in [1.165, 1.54) is 0 Å². The summed E-state index contributed by atoms with van der Waals surface area (Å²) in [5.74, 6) is 1.01. The number of fused-ring (bicyclic) bond motifs is 1. The second-order valence-electron chi connectivity index (χ2n) is 5.26. The van der Waals surface area contributed by atoms with Crippen molar-refractivity contribution in [1.29, 1.82) is 0 Å². The van der Waals surface area contributed by atoms with Crippen molar-refractivity contribution >= 4 is 11.0 Å². The molecule has 1 unspecified atom stereocenters. The van der Waals surface area contributed by atoms with Crippen LogP contribution in [0, 0.1) is 0 Å². The first-order valence-corrected chi connectivity index (χ1v) is 6.88. The Kier molecular flexibility index (Phi) is 4.61. The molecular formula is C16H23NO2. The molecule has 2 aromatic rings. The highest BCUT2D eigenvalue weighted by atomic mass is 16.5. The molecule has 104 valence electrons. The van der Waals surface area contributed by atoms with Gasteiger partial charge in [-0.05, 0) is 40.0 Å². The predicted octanol–water partition coefficient (Wildman–Crippen LogP) is 3.85. The highest BCUT2D eigenvalue weighted by molar-refractivity contribution is 5.77. The molecule has 0 bridgehead atoms. The zero-order valence-electron chi connectivity index (χ0n) is 12.2. The van der Waals surface area contributed by atoms with Crippen molar-refractivity contribution in [1.82, 2.24) is 4.90 Å². The third-order valence-corrected chi connectivity index (χ3v) is 3.41. The summed E-state index contributed by atoms with van der Waals surface area (Å²) in [7, 11) is 2.10. The van der Waals surface area contributed by atoms with Crippen molar-refractivity contribution < 1.29 is 9.15 Å². The van der Waals surface area contributed by atoms with E-state index in [2.05, 4.69) is 44.9 Å². The normalized spacial score (nSPS) is 13.6. The molecule has 0 radical (unpaired) electrons. The predicted molar refractivity (Wildman–Crippen MR) is 78.3 cm³/mol. The molecule has 1 aromatic carbocycles. The van der Waals surface area contributed by atoms with Crippen molar-refractivity contribution in [3.05, 3.63) is 36.1 Å². The summed E-state index contributed by atoms with van der Waals surface area (Å²) in [6.07, 6.45) is 0.287. The van der Waals surface area contributed by atoms with Gasteiger partial charge in [-0.15, -0.1) is 0 Å². The summed E-state index contributed by atoms with van der Waals surface area (Å²) < 4.78 is 11.5. The van der Waals surface area contributed by atoms with Crippen LogP contribution in [0.1, 0.15) is 32.6 Å². The van der Waals surface area contributed by atoms with Gasteiger partial charge in [0.2, 0.25) is 0 Å². The van der Waals surface area contributed by atoms with Crippen LogP contribution in [0.5, 0.6) is 0 Å². The van der Waals surface area contributed by atoms with Gasteiger partial charge in [-0.1, -0.05) is 18.2 Å². The van der Waals surface area contributed by atoms with Crippen LogP contribution in [-0.2, 0) is 4.74 Å². The summed E-state index contributed by atoms with van der Waals surface area (Å²) in [6, 6.07) is 10.5. The second-order valence-corrected chi connectivity index (χ2v) is 5.26. The quantitative estimate of drug-likeness (QED) is 0.790. The summed E-state index contributed by atoms with van der Waals surface area (Å²) in [4.78, 5) is 2.25. The zero-order valence-corrected chi connectivity index (χ0v) is 12.2.